The smallest absolute Gasteiger partial charge is 0.321 e. The number of alkyl halides is 3. The van der Waals surface area contributed by atoms with Crippen LogP contribution in [0.4, 0.5) is 24.8 Å². The van der Waals surface area contributed by atoms with E-state index in [9.17, 15) is 18.4 Å². The summed E-state index contributed by atoms with van der Waals surface area (Å²) in [5.41, 5.74) is -0.0660. The Morgan fingerprint density at radius 3 is 2.63 bits per heavy atom. The molecule has 0 aromatic carbocycles. The topological polar surface area (TPSA) is 79.4 Å². The van der Waals surface area contributed by atoms with Crippen molar-refractivity contribution >= 4 is 17.2 Å². The fourth-order valence-electron chi connectivity index (χ4n) is 2.82. The van der Waals surface area contributed by atoms with Crippen molar-refractivity contribution in [2.24, 2.45) is 0 Å². The summed E-state index contributed by atoms with van der Waals surface area (Å²) in [7, 11) is 0. The third-order valence-corrected chi connectivity index (χ3v) is 4.43. The molecular weight excluding hydrogens is 357 g/mol. The van der Waals surface area contributed by atoms with Crippen LogP contribution in [0.1, 0.15) is 50.1 Å². The Bertz CT molecular complexity index is 934. The summed E-state index contributed by atoms with van der Waals surface area (Å²) in [6.07, 6.45) is 1.82. The molecule has 2 aromatic heterocycles. The number of rotatable bonds is 4. The van der Waals surface area contributed by atoms with Gasteiger partial charge in [-0.25, -0.2) is 9.97 Å². The highest BCUT2D eigenvalue weighted by Crippen LogP contribution is 2.37. The number of aryl methyl sites for hydroxylation is 1. The zero-order chi connectivity index (χ0) is 19.8. The summed E-state index contributed by atoms with van der Waals surface area (Å²) in [4.78, 5) is 7.97. The first kappa shape index (κ1) is 18.9. The van der Waals surface area contributed by atoms with Crippen molar-refractivity contribution in [2.45, 2.75) is 51.7 Å². The lowest BCUT2D eigenvalue weighted by molar-refractivity contribution is -0.138. The van der Waals surface area contributed by atoms with Crippen LogP contribution in [0.15, 0.2) is 18.5 Å². The summed E-state index contributed by atoms with van der Waals surface area (Å²) in [6.45, 7) is 5.15. The van der Waals surface area contributed by atoms with E-state index >= 15 is 0 Å². The van der Waals surface area contributed by atoms with Gasteiger partial charge in [0.15, 0.2) is 0 Å². The second-order valence-corrected chi connectivity index (χ2v) is 6.94. The first-order chi connectivity index (χ1) is 12.6. The second kappa shape index (κ2) is 6.68. The van der Waals surface area contributed by atoms with Gasteiger partial charge in [-0.2, -0.15) is 23.5 Å². The molecule has 3 rings (SSSR count). The van der Waals surface area contributed by atoms with Crippen LogP contribution in [0, 0.1) is 18.3 Å². The summed E-state index contributed by atoms with van der Waals surface area (Å²) in [5.74, 6) is 0.0585. The maximum atomic E-state index is 13.3. The normalized spacial score (nSPS) is 14.8. The number of anilines is 2. The number of aromatic nitrogens is 4. The monoisotopic (exact) mass is 376 g/mol. The fourth-order valence-corrected chi connectivity index (χ4v) is 2.82. The van der Waals surface area contributed by atoms with Gasteiger partial charge in [-0.3, -0.25) is 4.68 Å². The molecule has 0 bridgehead atoms. The predicted octanol–water partition coefficient (Wildman–Crippen LogP) is 4.57. The minimum atomic E-state index is -4.52. The standard InChI is InChI=1S/C18H19F3N6/c1-11-14(9-27(26-11)17(2,3)10-22)24-16-23-8-13(18(19,20)21)15(25-16)12-6-4-5-7-12/h6,8-9H,4-5,7H2,1-3H3,(H,23,24,25). The van der Waals surface area contributed by atoms with Crippen molar-refractivity contribution in [2.75, 3.05) is 5.32 Å². The van der Waals surface area contributed by atoms with Crippen molar-refractivity contribution in [3.63, 3.8) is 0 Å². The van der Waals surface area contributed by atoms with Gasteiger partial charge in [0.05, 0.1) is 34.9 Å². The maximum Gasteiger partial charge on any atom is 0.419 e. The minimum absolute atomic E-state index is 0.0585. The van der Waals surface area contributed by atoms with Crippen LogP contribution in [0.25, 0.3) is 5.57 Å². The molecule has 0 unspecified atom stereocenters. The summed E-state index contributed by atoms with van der Waals surface area (Å²) < 4.78 is 41.5. The van der Waals surface area contributed by atoms with Gasteiger partial charge < -0.3 is 5.32 Å². The zero-order valence-electron chi connectivity index (χ0n) is 15.2. The average molecular weight is 376 g/mol. The molecule has 2 aromatic rings. The molecule has 9 heteroatoms. The van der Waals surface area contributed by atoms with Crippen molar-refractivity contribution in [3.8, 4) is 6.07 Å². The zero-order valence-corrected chi connectivity index (χ0v) is 15.2. The minimum Gasteiger partial charge on any atom is -0.321 e. The predicted molar refractivity (Wildman–Crippen MR) is 94.0 cm³/mol. The van der Waals surface area contributed by atoms with E-state index in [-0.39, 0.29) is 11.6 Å². The molecule has 1 N–H and O–H groups in total. The average Bonchev–Trinajstić information content (AvgIpc) is 3.25. The molecule has 0 saturated carbocycles. The Morgan fingerprint density at radius 2 is 2.04 bits per heavy atom. The summed E-state index contributed by atoms with van der Waals surface area (Å²) in [6, 6.07) is 2.14. The van der Waals surface area contributed by atoms with Gasteiger partial charge in [0, 0.05) is 6.20 Å². The highest BCUT2D eigenvalue weighted by Gasteiger charge is 2.36. The lowest BCUT2D eigenvalue weighted by Gasteiger charge is -2.15. The number of hydrogen-bond acceptors (Lipinski definition) is 5. The SMILES string of the molecule is Cc1nn(C(C)(C)C#N)cc1Nc1ncc(C(F)(F)F)c(C2=CCCC2)n1. The Balaban J connectivity index is 1.97. The molecule has 0 atom stereocenters. The number of nitrogens with zero attached hydrogens (tertiary/aromatic N) is 5. The van der Waals surface area contributed by atoms with Gasteiger partial charge in [0.2, 0.25) is 5.95 Å². The van der Waals surface area contributed by atoms with E-state index in [0.29, 0.717) is 23.4 Å². The third kappa shape index (κ3) is 3.79. The van der Waals surface area contributed by atoms with Gasteiger partial charge in [-0.05, 0) is 45.6 Å². The number of nitrogens with one attached hydrogen (secondary N) is 1. The quantitative estimate of drug-likeness (QED) is 0.846. The van der Waals surface area contributed by atoms with E-state index in [2.05, 4.69) is 26.5 Å². The van der Waals surface area contributed by atoms with E-state index in [4.69, 9.17) is 0 Å². The molecule has 27 heavy (non-hydrogen) atoms. The van der Waals surface area contributed by atoms with E-state index in [1.54, 1.807) is 33.0 Å². The van der Waals surface area contributed by atoms with Crippen LogP contribution < -0.4 is 5.32 Å². The van der Waals surface area contributed by atoms with Gasteiger partial charge in [-0.15, -0.1) is 0 Å². The third-order valence-electron chi connectivity index (χ3n) is 4.43. The number of allylic oxidation sites excluding steroid dienone is 2. The molecule has 0 saturated heterocycles. The molecule has 142 valence electrons. The van der Waals surface area contributed by atoms with Crippen molar-refractivity contribution in [3.05, 3.63) is 35.4 Å². The Labute approximate surface area is 154 Å². The summed E-state index contributed by atoms with van der Waals surface area (Å²) in [5, 5.41) is 16.4. The van der Waals surface area contributed by atoms with Crippen molar-refractivity contribution in [1.82, 2.24) is 19.7 Å². The van der Waals surface area contributed by atoms with E-state index in [0.717, 1.165) is 19.0 Å². The molecule has 0 fully saturated rings. The lowest BCUT2D eigenvalue weighted by Crippen LogP contribution is -2.24. The Hall–Kier alpha value is -2.89. The van der Waals surface area contributed by atoms with Gasteiger partial charge >= 0.3 is 6.18 Å². The summed E-state index contributed by atoms with van der Waals surface area (Å²) >= 11 is 0. The molecule has 1 aliphatic carbocycles. The number of halogens is 3. The molecule has 1 aliphatic rings. The van der Waals surface area contributed by atoms with E-state index in [1.165, 1.54) is 4.68 Å². The molecule has 0 radical (unpaired) electrons. The van der Waals surface area contributed by atoms with Gasteiger partial charge in [-0.1, -0.05) is 6.08 Å². The maximum absolute atomic E-state index is 13.3. The Morgan fingerprint density at radius 1 is 1.30 bits per heavy atom. The molecule has 6 nitrogen and oxygen atoms in total. The highest BCUT2D eigenvalue weighted by molar-refractivity contribution is 5.68. The lowest BCUT2D eigenvalue weighted by atomic mass is 10.1. The van der Waals surface area contributed by atoms with Crippen molar-refractivity contribution < 1.29 is 13.2 Å². The second-order valence-electron chi connectivity index (χ2n) is 6.94. The van der Waals surface area contributed by atoms with Crippen LogP contribution in [-0.2, 0) is 11.7 Å². The van der Waals surface area contributed by atoms with Crippen molar-refractivity contribution in [1.29, 1.82) is 5.26 Å². The van der Waals surface area contributed by atoms with Crippen LogP contribution >= 0.6 is 0 Å². The highest BCUT2D eigenvalue weighted by atomic mass is 19.4. The van der Waals surface area contributed by atoms with Gasteiger partial charge in [0.1, 0.15) is 5.54 Å². The number of hydrogen-bond donors (Lipinski definition) is 1. The molecule has 2 heterocycles. The molecule has 0 spiro atoms. The fraction of sp³-hybridized carbons (Fsp3) is 0.444. The molecular formula is C18H19F3N6. The first-order valence-corrected chi connectivity index (χ1v) is 8.50. The Kier molecular flexibility index (Phi) is 4.68. The molecule has 0 aliphatic heterocycles. The van der Waals surface area contributed by atoms with Crippen LogP contribution in [0.5, 0.6) is 0 Å². The van der Waals surface area contributed by atoms with Crippen LogP contribution in [0.3, 0.4) is 0 Å². The van der Waals surface area contributed by atoms with Gasteiger partial charge in [0.25, 0.3) is 0 Å². The first-order valence-electron chi connectivity index (χ1n) is 8.50. The largest absolute Gasteiger partial charge is 0.419 e. The van der Waals surface area contributed by atoms with E-state index < -0.39 is 17.3 Å². The van der Waals surface area contributed by atoms with Crippen LogP contribution in [0.2, 0.25) is 0 Å². The molecule has 0 amide bonds. The van der Waals surface area contributed by atoms with E-state index in [1.807, 2.05) is 0 Å². The van der Waals surface area contributed by atoms with Crippen LogP contribution in [-0.4, -0.2) is 19.7 Å². The number of nitriles is 1.